The summed E-state index contributed by atoms with van der Waals surface area (Å²) in [6.45, 7) is 4.07. The van der Waals surface area contributed by atoms with Crippen LogP contribution in [0.5, 0.6) is 0 Å². The van der Waals surface area contributed by atoms with Crippen molar-refractivity contribution in [1.29, 1.82) is 0 Å². The van der Waals surface area contributed by atoms with E-state index >= 15 is 0 Å². The molecule has 0 aliphatic carbocycles. The van der Waals surface area contributed by atoms with Crippen LogP contribution in [0.2, 0.25) is 0 Å². The van der Waals surface area contributed by atoms with Gasteiger partial charge in [-0.1, -0.05) is 42.8 Å². The Morgan fingerprint density at radius 2 is 1.69 bits per heavy atom. The lowest BCUT2D eigenvalue weighted by molar-refractivity contribution is -0.119. The van der Waals surface area contributed by atoms with Crippen molar-refractivity contribution in [3.8, 4) is 0 Å². The van der Waals surface area contributed by atoms with Crippen LogP contribution in [-0.2, 0) is 16.9 Å². The molecule has 0 radical (unpaired) electrons. The number of hydrogen-bond acceptors (Lipinski definition) is 3. The minimum atomic E-state index is -1.33. The summed E-state index contributed by atoms with van der Waals surface area (Å²) in [6.07, 6.45) is 0.906. The lowest BCUT2D eigenvalue weighted by Crippen LogP contribution is -2.61. The molecule has 5 rings (SSSR count). The highest BCUT2D eigenvalue weighted by Gasteiger charge is 2.57. The molecule has 2 heterocycles. The summed E-state index contributed by atoms with van der Waals surface area (Å²) in [5, 5.41) is 6.37. The van der Waals surface area contributed by atoms with Crippen molar-refractivity contribution in [1.82, 2.24) is 0 Å². The number of nitrogens with zero attached hydrogens (tertiary/aromatic N) is 1. The number of amides is 2. The van der Waals surface area contributed by atoms with Gasteiger partial charge < -0.3 is 10.6 Å². The number of anilines is 3. The highest BCUT2D eigenvalue weighted by atomic mass is 16.2. The van der Waals surface area contributed by atoms with Gasteiger partial charge in [0.2, 0.25) is 5.66 Å². The average molecular weight is 383 g/mol. The maximum Gasteiger partial charge on any atom is 0.276 e. The number of carbonyl (C=O) groups excluding carboxylic acids is 2. The predicted octanol–water partition coefficient (Wildman–Crippen LogP) is 4.43. The number of aryl methyl sites for hydroxylation is 2. The summed E-state index contributed by atoms with van der Waals surface area (Å²) < 4.78 is 0. The third kappa shape index (κ3) is 2.40. The molecule has 3 aromatic rings. The quantitative estimate of drug-likeness (QED) is 0.688. The van der Waals surface area contributed by atoms with Crippen molar-refractivity contribution < 1.29 is 9.59 Å². The van der Waals surface area contributed by atoms with E-state index in [-0.39, 0.29) is 11.8 Å². The Kier molecular flexibility index (Phi) is 3.74. The summed E-state index contributed by atoms with van der Waals surface area (Å²) in [5.41, 5.74) is 4.22. The first-order valence-electron chi connectivity index (χ1n) is 9.78. The predicted molar refractivity (Wildman–Crippen MR) is 114 cm³/mol. The Hall–Kier alpha value is -3.60. The molecule has 1 atom stereocenters. The van der Waals surface area contributed by atoms with Gasteiger partial charge >= 0.3 is 0 Å². The lowest BCUT2D eigenvalue weighted by atomic mass is 9.91. The summed E-state index contributed by atoms with van der Waals surface area (Å²) in [6, 6.07) is 21.0. The van der Waals surface area contributed by atoms with Crippen LogP contribution in [-0.4, -0.2) is 11.8 Å². The largest absolute Gasteiger partial charge is 0.350 e. The summed E-state index contributed by atoms with van der Waals surface area (Å²) >= 11 is 0. The van der Waals surface area contributed by atoms with Crippen molar-refractivity contribution in [2.75, 3.05) is 15.5 Å². The Balaban J connectivity index is 1.79. The van der Waals surface area contributed by atoms with E-state index in [1.807, 2.05) is 67.6 Å². The fraction of sp³-hybridized carbons (Fsp3) is 0.167. The van der Waals surface area contributed by atoms with Gasteiger partial charge in [-0.2, -0.15) is 0 Å². The Morgan fingerprint density at radius 3 is 2.45 bits per heavy atom. The van der Waals surface area contributed by atoms with E-state index in [4.69, 9.17) is 0 Å². The van der Waals surface area contributed by atoms with Crippen LogP contribution in [0.25, 0.3) is 0 Å². The Morgan fingerprint density at radius 1 is 0.931 bits per heavy atom. The molecule has 1 spiro atoms. The van der Waals surface area contributed by atoms with Gasteiger partial charge in [0, 0.05) is 22.6 Å². The molecular formula is C24H21N3O2. The number of carbonyl (C=O) groups is 2. The summed E-state index contributed by atoms with van der Waals surface area (Å²) in [4.78, 5) is 28.7. The van der Waals surface area contributed by atoms with Gasteiger partial charge in [0.15, 0.2) is 0 Å². The third-order valence-corrected chi connectivity index (χ3v) is 5.76. The second-order valence-corrected chi connectivity index (χ2v) is 7.54. The van der Waals surface area contributed by atoms with Gasteiger partial charge in [0.05, 0.1) is 5.56 Å². The van der Waals surface area contributed by atoms with Crippen LogP contribution in [0.4, 0.5) is 17.1 Å². The molecule has 3 aromatic carbocycles. The molecule has 29 heavy (non-hydrogen) atoms. The van der Waals surface area contributed by atoms with Crippen LogP contribution in [0.1, 0.15) is 34.0 Å². The fourth-order valence-corrected chi connectivity index (χ4v) is 4.24. The highest BCUT2D eigenvalue weighted by Crippen LogP contribution is 2.47. The number of hydrogen-bond donors (Lipinski definition) is 2. The van der Waals surface area contributed by atoms with E-state index in [1.165, 1.54) is 5.56 Å². The average Bonchev–Trinajstić information content (AvgIpc) is 3.00. The molecule has 144 valence electrons. The Bertz CT molecular complexity index is 1150. The number of nitrogens with one attached hydrogen (secondary N) is 2. The molecule has 0 unspecified atom stereocenters. The molecule has 2 amide bonds. The topological polar surface area (TPSA) is 61.4 Å². The maximum atomic E-state index is 13.7. The van der Waals surface area contributed by atoms with E-state index in [0.29, 0.717) is 16.9 Å². The molecular weight excluding hydrogens is 362 g/mol. The first-order chi connectivity index (χ1) is 14.0. The highest BCUT2D eigenvalue weighted by molar-refractivity contribution is 6.22. The van der Waals surface area contributed by atoms with E-state index in [0.717, 1.165) is 23.2 Å². The van der Waals surface area contributed by atoms with Gasteiger partial charge in [-0.25, -0.2) is 0 Å². The van der Waals surface area contributed by atoms with E-state index in [9.17, 15) is 9.59 Å². The molecule has 2 aliphatic rings. The van der Waals surface area contributed by atoms with Crippen molar-refractivity contribution in [2.45, 2.75) is 25.9 Å². The van der Waals surface area contributed by atoms with E-state index in [2.05, 4.69) is 17.6 Å². The fourth-order valence-electron chi connectivity index (χ4n) is 4.24. The molecule has 0 saturated heterocycles. The minimum Gasteiger partial charge on any atom is -0.350 e. The number of para-hydroxylation sites is 1. The zero-order valence-corrected chi connectivity index (χ0v) is 16.3. The van der Waals surface area contributed by atoms with Crippen molar-refractivity contribution in [3.63, 3.8) is 0 Å². The first kappa shape index (κ1) is 17.5. The second kappa shape index (κ2) is 6.21. The zero-order chi connectivity index (χ0) is 20.2. The smallest absolute Gasteiger partial charge is 0.276 e. The molecule has 2 aliphatic heterocycles. The van der Waals surface area contributed by atoms with Gasteiger partial charge in [0.25, 0.3) is 11.8 Å². The number of benzene rings is 3. The lowest BCUT2D eigenvalue weighted by Gasteiger charge is -2.44. The van der Waals surface area contributed by atoms with E-state index < -0.39 is 5.66 Å². The molecule has 2 N–H and O–H groups in total. The van der Waals surface area contributed by atoms with Crippen LogP contribution in [0, 0.1) is 6.92 Å². The molecule has 0 aromatic heterocycles. The number of fused-ring (bicyclic) bond motifs is 3. The van der Waals surface area contributed by atoms with Gasteiger partial charge in [0.1, 0.15) is 0 Å². The summed E-state index contributed by atoms with van der Waals surface area (Å²) in [5.74, 6) is -0.464. The standard InChI is InChI=1S/C24H21N3O2/c1-3-16-9-11-17(12-10-16)27-22(28)18-6-4-5-7-20(18)26-24(27)19-14-15(2)8-13-21(19)25-23(24)29/h4-14,26H,3H2,1-2H3,(H,25,29)/t24-/m1/s1. The van der Waals surface area contributed by atoms with Crippen LogP contribution >= 0.6 is 0 Å². The van der Waals surface area contributed by atoms with Crippen molar-refractivity contribution >= 4 is 28.9 Å². The van der Waals surface area contributed by atoms with Crippen LogP contribution in [0.3, 0.4) is 0 Å². The van der Waals surface area contributed by atoms with Crippen molar-refractivity contribution in [3.05, 3.63) is 89.0 Å². The molecule has 0 fully saturated rings. The minimum absolute atomic E-state index is 0.201. The van der Waals surface area contributed by atoms with Gasteiger partial charge in [-0.3, -0.25) is 14.5 Å². The molecule has 0 bridgehead atoms. The summed E-state index contributed by atoms with van der Waals surface area (Å²) in [7, 11) is 0. The SMILES string of the molecule is CCc1ccc(N2C(=O)c3ccccc3N[C@@]23C(=O)Nc2ccc(C)cc23)cc1. The third-order valence-electron chi connectivity index (χ3n) is 5.76. The van der Waals surface area contributed by atoms with E-state index in [1.54, 1.807) is 11.0 Å². The number of rotatable bonds is 2. The maximum absolute atomic E-state index is 13.7. The van der Waals surface area contributed by atoms with Crippen molar-refractivity contribution in [2.24, 2.45) is 0 Å². The van der Waals surface area contributed by atoms with Crippen LogP contribution < -0.4 is 15.5 Å². The zero-order valence-electron chi connectivity index (χ0n) is 16.3. The molecule has 5 nitrogen and oxygen atoms in total. The second-order valence-electron chi connectivity index (χ2n) is 7.54. The van der Waals surface area contributed by atoms with Gasteiger partial charge in [-0.15, -0.1) is 0 Å². The first-order valence-corrected chi connectivity index (χ1v) is 9.78. The molecule has 5 heteroatoms. The monoisotopic (exact) mass is 383 g/mol. The van der Waals surface area contributed by atoms with Gasteiger partial charge in [-0.05, 0) is 55.3 Å². The normalized spacial score (nSPS) is 19.6. The van der Waals surface area contributed by atoms with Crippen LogP contribution in [0.15, 0.2) is 66.7 Å². The Labute approximate surface area is 169 Å². The molecule has 0 saturated carbocycles.